The van der Waals surface area contributed by atoms with Gasteiger partial charge in [0.05, 0.1) is 6.20 Å². The molecule has 2 nitrogen and oxygen atoms in total. The second-order valence-electron chi connectivity index (χ2n) is 3.25. The van der Waals surface area contributed by atoms with Crippen molar-refractivity contribution in [1.82, 2.24) is 4.98 Å². The second kappa shape index (κ2) is 5.07. The highest BCUT2D eigenvalue weighted by atomic mass is 79.9. The molecule has 4 heteroatoms. The van der Waals surface area contributed by atoms with E-state index in [0.29, 0.717) is 12.4 Å². The maximum atomic E-state index is 12.6. The quantitative estimate of drug-likeness (QED) is 0.858. The molecule has 0 saturated carbocycles. The maximum Gasteiger partial charge on any atom is 0.139 e. The molecule has 1 aromatic heterocycles. The molecule has 0 bridgehead atoms. The highest BCUT2D eigenvalue weighted by Gasteiger charge is 1.97. The minimum absolute atomic E-state index is 0.243. The molecule has 82 valence electrons. The van der Waals surface area contributed by atoms with Crippen LogP contribution >= 0.6 is 15.9 Å². The topological polar surface area (TPSA) is 22.1 Å². The number of aromatic nitrogens is 1. The maximum absolute atomic E-state index is 12.6. The predicted molar refractivity (Wildman–Crippen MR) is 62.7 cm³/mol. The van der Waals surface area contributed by atoms with Gasteiger partial charge in [-0.05, 0) is 39.7 Å². The van der Waals surface area contributed by atoms with E-state index in [0.717, 1.165) is 10.0 Å². The minimum Gasteiger partial charge on any atom is -0.487 e. The largest absolute Gasteiger partial charge is 0.487 e. The molecule has 0 fully saturated rings. The summed E-state index contributed by atoms with van der Waals surface area (Å²) >= 11 is 3.31. The van der Waals surface area contributed by atoms with Gasteiger partial charge in [-0.3, -0.25) is 4.98 Å². The van der Waals surface area contributed by atoms with E-state index in [1.165, 1.54) is 12.1 Å². The van der Waals surface area contributed by atoms with Gasteiger partial charge in [0, 0.05) is 10.7 Å². The molecule has 0 aliphatic heterocycles. The summed E-state index contributed by atoms with van der Waals surface area (Å²) < 4.78 is 19.0. The van der Waals surface area contributed by atoms with E-state index in [1.807, 2.05) is 6.07 Å². The van der Waals surface area contributed by atoms with Crippen LogP contribution in [0.25, 0.3) is 0 Å². The third-order valence-corrected chi connectivity index (χ3v) is 2.43. The standard InChI is InChI=1S/C12H9BrFNO/c13-10-5-12(7-15-6-10)16-8-9-1-3-11(14)4-2-9/h1-7H,8H2. The Morgan fingerprint density at radius 3 is 2.62 bits per heavy atom. The molecule has 0 atom stereocenters. The van der Waals surface area contributed by atoms with Crippen molar-refractivity contribution in [3.8, 4) is 5.75 Å². The summed E-state index contributed by atoms with van der Waals surface area (Å²) in [5.41, 5.74) is 0.918. The lowest BCUT2D eigenvalue weighted by atomic mass is 10.2. The molecule has 0 amide bonds. The summed E-state index contributed by atoms with van der Waals surface area (Å²) in [5.74, 6) is 0.437. The first kappa shape index (κ1) is 11.1. The number of ether oxygens (including phenoxy) is 1. The van der Waals surface area contributed by atoms with Crippen LogP contribution in [0.15, 0.2) is 47.2 Å². The third-order valence-electron chi connectivity index (χ3n) is 2.00. The van der Waals surface area contributed by atoms with E-state index >= 15 is 0 Å². The lowest BCUT2D eigenvalue weighted by Crippen LogP contribution is -1.95. The normalized spacial score (nSPS) is 10.1. The molecular formula is C12H9BrFNO. The van der Waals surface area contributed by atoms with Crippen LogP contribution in [-0.4, -0.2) is 4.98 Å². The molecular weight excluding hydrogens is 273 g/mol. The fraction of sp³-hybridized carbons (Fsp3) is 0.0833. The first-order chi connectivity index (χ1) is 7.74. The zero-order chi connectivity index (χ0) is 11.4. The van der Waals surface area contributed by atoms with Gasteiger partial charge >= 0.3 is 0 Å². The lowest BCUT2D eigenvalue weighted by Gasteiger charge is -2.05. The second-order valence-corrected chi connectivity index (χ2v) is 4.17. The summed E-state index contributed by atoms with van der Waals surface area (Å²) in [4.78, 5) is 3.98. The Morgan fingerprint density at radius 2 is 1.94 bits per heavy atom. The molecule has 1 heterocycles. The Morgan fingerprint density at radius 1 is 1.19 bits per heavy atom. The first-order valence-corrected chi connectivity index (χ1v) is 5.51. The molecule has 1 aromatic carbocycles. The zero-order valence-electron chi connectivity index (χ0n) is 8.36. The highest BCUT2D eigenvalue weighted by molar-refractivity contribution is 9.10. The average Bonchev–Trinajstić information content (AvgIpc) is 2.28. The van der Waals surface area contributed by atoms with Gasteiger partial charge in [0.2, 0.25) is 0 Å². The summed E-state index contributed by atoms with van der Waals surface area (Å²) in [6, 6.07) is 8.05. The lowest BCUT2D eigenvalue weighted by molar-refractivity contribution is 0.304. The monoisotopic (exact) mass is 281 g/mol. The van der Waals surface area contributed by atoms with Gasteiger partial charge in [0.25, 0.3) is 0 Å². The van der Waals surface area contributed by atoms with E-state index in [9.17, 15) is 4.39 Å². The van der Waals surface area contributed by atoms with Gasteiger partial charge in [-0.25, -0.2) is 4.39 Å². The molecule has 2 aromatic rings. The average molecular weight is 282 g/mol. The number of hydrogen-bond donors (Lipinski definition) is 0. The molecule has 0 saturated heterocycles. The van der Waals surface area contributed by atoms with Crippen molar-refractivity contribution >= 4 is 15.9 Å². The number of benzene rings is 1. The van der Waals surface area contributed by atoms with Crippen molar-refractivity contribution < 1.29 is 9.13 Å². The molecule has 0 unspecified atom stereocenters. The predicted octanol–water partition coefficient (Wildman–Crippen LogP) is 3.56. The fourth-order valence-corrected chi connectivity index (χ4v) is 1.56. The summed E-state index contributed by atoms with van der Waals surface area (Å²) in [5, 5.41) is 0. The molecule has 0 spiro atoms. The van der Waals surface area contributed by atoms with E-state index in [1.54, 1.807) is 24.5 Å². The molecule has 0 N–H and O–H groups in total. The summed E-state index contributed by atoms with van der Waals surface area (Å²) in [6.07, 6.45) is 3.32. The van der Waals surface area contributed by atoms with E-state index < -0.39 is 0 Å². The van der Waals surface area contributed by atoms with Crippen LogP contribution in [0.4, 0.5) is 4.39 Å². The Kier molecular flexibility index (Phi) is 3.51. The van der Waals surface area contributed by atoms with Crippen LogP contribution in [0.2, 0.25) is 0 Å². The Bertz CT molecular complexity index is 473. The summed E-state index contributed by atoms with van der Waals surface area (Å²) in [7, 11) is 0. The van der Waals surface area contributed by atoms with Gasteiger partial charge < -0.3 is 4.74 Å². The Hall–Kier alpha value is -1.42. The molecule has 0 aliphatic carbocycles. The van der Waals surface area contributed by atoms with E-state index in [4.69, 9.17) is 4.74 Å². The third kappa shape index (κ3) is 3.03. The van der Waals surface area contributed by atoms with Crippen molar-refractivity contribution in [1.29, 1.82) is 0 Å². The summed E-state index contributed by atoms with van der Waals surface area (Å²) in [6.45, 7) is 0.401. The fourth-order valence-electron chi connectivity index (χ4n) is 1.22. The van der Waals surface area contributed by atoms with Gasteiger partial charge in [-0.1, -0.05) is 12.1 Å². The highest BCUT2D eigenvalue weighted by Crippen LogP contribution is 2.17. The van der Waals surface area contributed by atoms with Gasteiger partial charge in [0.15, 0.2) is 0 Å². The van der Waals surface area contributed by atoms with Crippen LogP contribution in [0.5, 0.6) is 5.75 Å². The zero-order valence-corrected chi connectivity index (χ0v) is 9.95. The number of halogens is 2. The molecule has 0 aliphatic rings. The number of hydrogen-bond acceptors (Lipinski definition) is 2. The molecule has 2 rings (SSSR count). The molecule has 0 radical (unpaired) electrons. The van der Waals surface area contributed by atoms with Crippen molar-refractivity contribution in [2.24, 2.45) is 0 Å². The number of nitrogens with zero attached hydrogens (tertiary/aromatic N) is 1. The van der Waals surface area contributed by atoms with Crippen LogP contribution in [-0.2, 0) is 6.61 Å². The van der Waals surface area contributed by atoms with Crippen molar-refractivity contribution in [2.75, 3.05) is 0 Å². The Labute approximate surface area is 101 Å². The van der Waals surface area contributed by atoms with Crippen LogP contribution in [0.3, 0.4) is 0 Å². The number of rotatable bonds is 3. The minimum atomic E-state index is -0.243. The van der Waals surface area contributed by atoms with Gasteiger partial charge in [-0.2, -0.15) is 0 Å². The van der Waals surface area contributed by atoms with Crippen molar-refractivity contribution in [2.45, 2.75) is 6.61 Å². The first-order valence-electron chi connectivity index (χ1n) is 4.72. The van der Waals surface area contributed by atoms with Crippen LogP contribution in [0, 0.1) is 5.82 Å². The Balaban J connectivity index is 1.99. The van der Waals surface area contributed by atoms with Crippen molar-refractivity contribution in [3.05, 3.63) is 58.6 Å². The smallest absolute Gasteiger partial charge is 0.139 e. The van der Waals surface area contributed by atoms with Crippen LogP contribution in [0.1, 0.15) is 5.56 Å². The van der Waals surface area contributed by atoms with Crippen LogP contribution < -0.4 is 4.74 Å². The van der Waals surface area contributed by atoms with E-state index in [-0.39, 0.29) is 5.82 Å². The van der Waals surface area contributed by atoms with Gasteiger partial charge in [-0.15, -0.1) is 0 Å². The number of pyridine rings is 1. The van der Waals surface area contributed by atoms with E-state index in [2.05, 4.69) is 20.9 Å². The SMILES string of the molecule is Fc1ccc(COc2cncc(Br)c2)cc1. The van der Waals surface area contributed by atoms with Crippen molar-refractivity contribution in [3.63, 3.8) is 0 Å². The van der Waals surface area contributed by atoms with Gasteiger partial charge in [0.1, 0.15) is 18.2 Å². The molecule has 16 heavy (non-hydrogen) atoms.